The first-order valence-electron chi connectivity index (χ1n) is 17.9. The molecule has 0 atom stereocenters. The number of nitrogens with zero attached hydrogens (tertiary/aromatic N) is 3. The fourth-order valence-electron chi connectivity index (χ4n) is 8.21. The van der Waals surface area contributed by atoms with E-state index in [1.165, 1.54) is 22.3 Å². The van der Waals surface area contributed by atoms with Crippen molar-refractivity contribution in [3.8, 4) is 56.4 Å². The predicted octanol–water partition coefficient (Wildman–Crippen LogP) is 12.6. The van der Waals surface area contributed by atoms with Crippen LogP contribution in [0, 0.1) is 0 Å². The second kappa shape index (κ2) is 11.1. The van der Waals surface area contributed by atoms with E-state index in [1.807, 2.05) is 48.5 Å². The maximum Gasteiger partial charge on any atom is 0.164 e. The van der Waals surface area contributed by atoms with Crippen molar-refractivity contribution >= 4 is 43.9 Å². The Morgan fingerprint density at radius 1 is 0.358 bits per heavy atom. The number of hydrogen-bond donors (Lipinski definition) is 0. The van der Waals surface area contributed by atoms with Crippen LogP contribution in [0.3, 0.4) is 0 Å². The van der Waals surface area contributed by atoms with E-state index in [0.717, 1.165) is 71.7 Å². The molecule has 0 radical (unpaired) electrons. The van der Waals surface area contributed by atoms with Crippen LogP contribution in [0.1, 0.15) is 25.0 Å². The maximum atomic E-state index is 6.27. The lowest BCUT2D eigenvalue weighted by Gasteiger charge is -2.22. The van der Waals surface area contributed by atoms with Gasteiger partial charge in [0.05, 0.1) is 0 Å². The highest BCUT2D eigenvalue weighted by atomic mass is 16.3. The molecule has 53 heavy (non-hydrogen) atoms. The van der Waals surface area contributed by atoms with Gasteiger partial charge in [0.15, 0.2) is 17.5 Å². The first-order chi connectivity index (χ1) is 26.0. The van der Waals surface area contributed by atoms with E-state index in [1.54, 1.807) is 0 Å². The van der Waals surface area contributed by atoms with Crippen LogP contribution in [0.2, 0.25) is 0 Å². The monoisotopic (exact) mass is 681 g/mol. The van der Waals surface area contributed by atoms with Gasteiger partial charge in [0.25, 0.3) is 0 Å². The maximum absolute atomic E-state index is 6.27. The van der Waals surface area contributed by atoms with Crippen LogP contribution >= 0.6 is 0 Å². The van der Waals surface area contributed by atoms with E-state index in [9.17, 15) is 0 Å². The van der Waals surface area contributed by atoms with Gasteiger partial charge in [-0.2, -0.15) is 0 Å². The van der Waals surface area contributed by atoms with Crippen molar-refractivity contribution in [3.05, 3.63) is 163 Å². The Morgan fingerprint density at radius 3 is 1.47 bits per heavy atom. The summed E-state index contributed by atoms with van der Waals surface area (Å²) in [6, 6.07) is 52.7. The van der Waals surface area contributed by atoms with Crippen molar-refractivity contribution in [2.75, 3.05) is 0 Å². The summed E-state index contributed by atoms with van der Waals surface area (Å²) in [5.41, 5.74) is 13.4. The first-order valence-corrected chi connectivity index (χ1v) is 17.9. The van der Waals surface area contributed by atoms with Gasteiger partial charge in [-0.25, -0.2) is 15.0 Å². The Kier molecular flexibility index (Phi) is 6.23. The molecule has 0 saturated heterocycles. The summed E-state index contributed by atoms with van der Waals surface area (Å²) in [6.45, 7) is 4.63. The number of hydrogen-bond acceptors (Lipinski definition) is 5. The van der Waals surface area contributed by atoms with Crippen molar-refractivity contribution in [3.63, 3.8) is 0 Å². The normalized spacial score (nSPS) is 13.2. The molecule has 0 amide bonds. The molecule has 0 spiro atoms. The smallest absolute Gasteiger partial charge is 0.164 e. The van der Waals surface area contributed by atoms with E-state index in [0.29, 0.717) is 17.5 Å². The van der Waals surface area contributed by atoms with Crippen molar-refractivity contribution < 1.29 is 8.83 Å². The highest BCUT2D eigenvalue weighted by molar-refractivity contribution is 6.06. The third kappa shape index (κ3) is 4.60. The molecule has 1 aliphatic carbocycles. The fourth-order valence-corrected chi connectivity index (χ4v) is 8.21. The molecular formula is C48H31N3O2. The molecule has 0 unspecified atom stereocenters. The van der Waals surface area contributed by atoms with Gasteiger partial charge in [-0.15, -0.1) is 0 Å². The van der Waals surface area contributed by atoms with Gasteiger partial charge in [0, 0.05) is 43.7 Å². The highest BCUT2D eigenvalue weighted by Gasteiger charge is 2.35. The van der Waals surface area contributed by atoms with E-state index in [4.69, 9.17) is 23.8 Å². The van der Waals surface area contributed by atoms with E-state index < -0.39 is 0 Å². The van der Waals surface area contributed by atoms with Crippen molar-refractivity contribution in [1.29, 1.82) is 0 Å². The molecule has 1 aliphatic rings. The van der Waals surface area contributed by atoms with E-state index in [-0.39, 0.29) is 5.41 Å². The average molecular weight is 682 g/mol. The Bertz CT molecular complexity index is 2980. The van der Waals surface area contributed by atoms with Crippen LogP contribution in [0.5, 0.6) is 0 Å². The Labute approximate surface area is 305 Å². The van der Waals surface area contributed by atoms with Crippen molar-refractivity contribution in [1.82, 2.24) is 15.0 Å². The summed E-state index contributed by atoms with van der Waals surface area (Å²) >= 11 is 0. The standard InChI is InChI=1S/C48H31N3O2/c1-48(2)39-15-6-3-12-33(39)34-21-18-29(25-40(34)48)28-10-9-11-30(24-28)45-49-46(31-19-22-37-35-13-4-7-16-41(35)52-43(37)26-31)51-47(50-45)32-20-23-38-36-14-5-8-17-42(36)53-44(38)27-32/h3-27H,1-2H3. The molecule has 7 aromatic carbocycles. The molecule has 0 fully saturated rings. The number of fused-ring (bicyclic) bond motifs is 9. The molecule has 3 heterocycles. The lowest BCUT2D eigenvalue weighted by Crippen LogP contribution is -2.14. The molecule has 10 aromatic rings. The van der Waals surface area contributed by atoms with Gasteiger partial charge < -0.3 is 8.83 Å². The lowest BCUT2D eigenvalue weighted by atomic mass is 9.81. The third-order valence-electron chi connectivity index (χ3n) is 10.9. The summed E-state index contributed by atoms with van der Waals surface area (Å²) in [5.74, 6) is 1.73. The van der Waals surface area contributed by atoms with E-state index in [2.05, 4.69) is 117 Å². The van der Waals surface area contributed by atoms with Crippen LogP contribution in [0.4, 0.5) is 0 Å². The van der Waals surface area contributed by atoms with Crippen molar-refractivity contribution in [2.24, 2.45) is 0 Å². The van der Waals surface area contributed by atoms with Gasteiger partial charge in [-0.05, 0) is 81.9 Å². The van der Waals surface area contributed by atoms with Gasteiger partial charge in [0.1, 0.15) is 22.3 Å². The van der Waals surface area contributed by atoms with Crippen LogP contribution in [0.25, 0.3) is 100 Å². The topological polar surface area (TPSA) is 65.0 Å². The van der Waals surface area contributed by atoms with Crippen LogP contribution in [-0.2, 0) is 5.41 Å². The number of furan rings is 2. The minimum Gasteiger partial charge on any atom is -0.456 e. The molecule has 3 aromatic heterocycles. The van der Waals surface area contributed by atoms with Crippen LogP contribution < -0.4 is 0 Å². The molecule has 5 heteroatoms. The molecule has 0 bridgehead atoms. The number of para-hydroxylation sites is 2. The number of benzene rings is 7. The third-order valence-corrected chi connectivity index (χ3v) is 10.9. The molecule has 250 valence electrons. The molecule has 0 saturated carbocycles. The van der Waals surface area contributed by atoms with Gasteiger partial charge in [-0.1, -0.05) is 117 Å². The minimum absolute atomic E-state index is 0.0839. The van der Waals surface area contributed by atoms with Crippen molar-refractivity contribution in [2.45, 2.75) is 19.3 Å². The zero-order chi connectivity index (χ0) is 35.3. The Morgan fingerprint density at radius 2 is 0.830 bits per heavy atom. The molecule has 5 nitrogen and oxygen atoms in total. The minimum atomic E-state index is -0.0839. The summed E-state index contributed by atoms with van der Waals surface area (Å²) < 4.78 is 12.5. The molecule has 11 rings (SSSR count). The summed E-state index contributed by atoms with van der Waals surface area (Å²) in [5, 5.41) is 4.28. The van der Waals surface area contributed by atoms with Crippen LogP contribution in [-0.4, -0.2) is 15.0 Å². The fraction of sp³-hybridized carbons (Fsp3) is 0.0625. The SMILES string of the molecule is CC1(C)c2ccccc2-c2ccc(-c3cccc(-c4nc(-c5ccc6c(c5)oc5ccccc56)nc(-c5ccc6c(c5)oc5ccccc56)n4)c3)cc21. The summed E-state index contributed by atoms with van der Waals surface area (Å²) in [7, 11) is 0. The molecule has 0 aliphatic heterocycles. The zero-order valence-corrected chi connectivity index (χ0v) is 29.1. The summed E-state index contributed by atoms with van der Waals surface area (Å²) in [6.07, 6.45) is 0. The Balaban J connectivity index is 1.06. The zero-order valence-electron chi connectivity index (χ0n) is 29.1. The van der Waals surface area contributed by atoms with Gasteiger partial charge >= 0.3 is 0 Å². The second-order valence-corrected chi connectivity index (χ2v) is 14.4. The van der Waals surface area contributed by atoms with Crippen LogP contribution in [0.15, 0.2) is 160 Å². The molecule has 0 N–H and O–H groups in total. The highest BCUT2D eigenvalue weighted by Crippen LogP contribution is 2.49. The number of rotatable bonds is 4. The second-order valence-electron chi connectivity index (χ2n) is 14.4. The quantitative estimate of drug-likeness (QED) is 0.185. The van der Waals surface area contributed by atoms with E-state index >= 15 is 0 Å². The molecular weight excluding hydrogens is 651 g/mol. The predicted molar refractivity (Wildman–Crippen MR) is 214 cm³/mol. The first kappa shape index (κ1) is 29.8. The average Bonchev–Trinajstić information content (AvgIpc) is 3.84. The summed E-state index contributed by atoms with van der Waals surface area (Å²) in [4.78, 5) is 15.3. The largest absolute Gasteiger partial charge is 0.456 e. The van der Waals surface area contributed by atoms with Gasteiger partial charge in [0.2, 0.25) is 0 Å². The van der Waals surface area contributed by atoms with Gasteiger partial charge in [-0.3, -0.25) is 0 Å². The Hall–Kier alpha value is -6.85. The lowest BCUT2D eigenvalue weighted by molar-refractivity contribution is 0.660. The number of aromatic nitrogens is 3.